The molecule has 94 valence electrons. The number of aromatic nitrogens is 2. The number of carbonyl (C=O) groups excluding carboxylic acids is 1. The zero-order chi connectivity index (χ0) is 12.4. The molecule has 0 bridgehead atoms. The molecule has 5 nitrogen and oxygen atoms in total. The lowest BCUT2D eigenvalue weighted by Gasteiger charge is -2.09. The monoisotopic (exact) mass is 246 g/mol. The quantitative estimate of drug-likeness (QED) is 0.838. The largest absolute Gasteiger partial charge is 0.462 e. The minimum absolute atomic E-state index is 0.297. The molecule has 1 unspecified atom stereocenters. The maximum atomic E-state index is 12.0. The van der Waals surface area contributed by atoms with Gasteiger partial charge in [0.15, 0.2) is 0 Å². The number of esters is 1. The van der Waals surface area contributed by atoms with Crippen LogP contribution in [0, 0.1) is 5.92 Å². The van der Waals surface area contributed by atoms with Crippen LogP contribution < -0.4 is 0 Å². The highest BCUT2D eigenvalue weighted by molar-refractivity contribution is 6.03. The molecule has 0 spiro atoms. The van der Waals surface area contributed by atoms with Crippen molar-refractivity contribution < 1.29 is 14.3 Å². The van der Waals surface area contributed by atoms with Crippen molar-refractivity contribution >= 4 is 16.9 Å². The second-order valence-electron chi connectivity index (χ2n) is 4.46. The topological polar surface area (TPSA) is 64.2 Å². The molecule has 18 heavy (non-hydrogen) atoms. The number of benzene rings is 1. The maximum absolute atomic E-state index is 12.0. The molecule has 0 radical (unpaired) electrons. The van der Waals surface area contributed by atoms with Crippen LogP contribution in [0.25, 0.3) is 10.9 Å². The molecule has 1 N–H and O–H groups in total. The maximum Gasteiger partial charge on any atom is 0.338 e. The van der Waals surface area contributed by atoms with Gasteiger partial charge in [-0.3, -0.25) is 5.10 Å². The van der Waals surface area contributed by atoms with Crippen LogP contribution >= 0.6 is 0 Å². The summed E-state index contributed by atoms with van der Waals surface area (Å²) in [6, 6.07) is 5.45. The van der Waals surface area contributed by atoms with E-state index >= 15 is 0 Å². The first-order chi connectivity index (χ1) is 8.84. The fraction of sp³-hybridized carbons (Fsp3) is 0.385. The zero-order valence-corrected chi connectivity index (χ0v) is 9.89. The Morgan fingerprint density at radius 1 is 1.56 bits per heavy atom. The summed E-state index contributed by atoms with van der Waals surface area (Å²) in [4.78, 5) is 12.0. The number of hydrogen-bond donors (Lipinski definition) is 1. The second-order valence-corrected chi connectivity index (χ2v) is 4.46. The average Bonchev–Trinajstić information content (AvgIpc) is 3.05. The van der Waals surface area contributed by atoms with E-state index in [9.17, 15) is 4.79 Å². The molecule has 2 aromatic rings. The van der Waals surface area contributed by atoms with Gasteiger partial charge in [-0.1, -0.05) is 6.07 Å². The molecular formula is C13H14N2O3. The van der Waals surface area contributed by atoms with Crippen molar-refractivity contribution in [1.82, 2.24) is 10.2 Å². The van der Waals surface area contributed by atoms with Gasteiger partial charge < -0.3 is 9.47 Å². The highest BCUT2D eigenvalue weighted by atomic mass is 16.5. The summed E-state index contributed by atoms with van der Waals surface area (Å²) in [6.07, 6.45) is 2.60. The van der Waals surface area contributed by atoms with Crippen LogP contribution in [0.4, 0.5) is 0 Å². The van der Waals surface area contributed by atoms with E-state index in [2.05, 4.69) is 10.2 Å². The Morgan fingerprint density at radius 2 is 2.50 bits per heavy atom. The Morgan fingerprint density at radius 3 is 3.33 bits per heavy atom. The molecule has 0 amide bonds. The van der Waals surface area contributed by atoms with Gasteiger partial charge in [-0.05, 0) is 18.6 Å². The van der Waals surface area contributed by atoms with Crippen LogP contribution in [0.1, 0.15) is 16.8 Å². The van der Waals surface area contributed by atoms with Gasteiger partial charge in [0.2, 0.25) is 0 Å². The number of nitrogens with zero attached hydrogens (tertiary/aromatic N) is 1. The molecule has 1 aromatic carbocycles. The number of ether oxygens (including phenoxy) is 2. The van der Waals surface area contributed by atoms with Crippen LogP contribution in [0.5, 0.6) is 0 Å². The summed E-state index contributed by atoms with van der Waals surface area (Å²) in [5.41, 5.74) is 1.40. The summed E-state index contributed by atoms with van der Waals surface area (Å²) in [5.74, 6) is 0.0337. The highest BCUT2D eigenvalue weighted by Gasteiger charge is 2.19. The standard InChI is InChI=1S/C13H14N2O3/c16-13(18-8-9-4-5-17-7-9)10-2-1-3-12-11(10)6-14-15-12/h1-3,6,9H,4-5,7-8H2,(H,14,15). The van der Waals surface area contributed by atoms with Crippen molar-refractivity contribution in [1.29, 1.82) is 0 Å². The Kier molecular flexibility index (Phi) is 2.98. The molecule has 1 aromatic heterocycles. The van der Waals surface area contributed by atoms with Crippen molar-refractivity contribution in [2.45, 2.75) is 6.42 Å². The molecule has 2 heterocycles. The van der Waals surface area contributed by atoms with Crippen molar-refractivity contribution in [3.8, 4) is 0 Å². The van der Waals surface area contributed by atoms with E-state index in [0.29, 0.717) is 24.7 Å². The van der Waals surface area contributed by atoms with Crippen molar-refractivity contribution in [3.05, 3.63) is 30.0 Å². The number of carbonyl (C=O) groups is 1. The Hall–Kier alpha value is -1.88. The molecule has 0 saturated carbocycles. The number of nitrogens with one attached hydrogen (secondary N) is 1. The fourth-order valence-corrected chi connectivity index (χ4v) is 2.13. The summed E-state index contributed by atoms with van der Waals surface area (Å²) < 4.78 is 10.6. The Labute approximate surface area is 104 Å². The van der Waals surface area contributed by atoms with Gasteiger partial charge in [-0.25, -0.2) is 4.79 Å². The summed E-state index contributed by atoms with van der Waals surface area (Å²) in [7, 11) is 0. The van der Waals surface area contributed by atoms with Crippen molar-refractivity contribution in [2.24, 2.45) is 5.92 Å². The van der Waals surface area contributed by atoms with Crippen LogP contribution in [0.2, 0.25) is 0 Å². The summed E-state index contributed by atoms with van der Waals surface area (Å²) in [6.45, 7) is 1.87. The predicted molar refractivity (Wildman–Crippen MR) is 65.3 cm³/mol. The summed E-state index contributed by atoms with van der Waals surface area (Å²) in [5, 5.41) is 7.56. The lowest BCUT2D eigenvalue weighted by atomic mass is 10.1. The van der Waals surface area contributed by atoms with Gasteiger partial charge in [0.05, 0.1) is 30.5 Å². The molecule has 5 heteroatoms. The lowest BCUT2D eigenvalue weighted by Crippen LogP contribution is -2.14. The van der Waals surface area contributed by atoms with Gasteiger partial charge in [0, 0.05) is 17.9 Å². The average molecular weight is 246 g/mol. The van der Waals surface area contributed by atoms with Crippen LogP contribution in [-0.4, -0.2) is 36.0 Å². The van der Waals surface area contributed by atoms with E-state index in [1.54, 1.807) is 12.3 Å². The number of H-pyrrole nitrogens is 1. The fourth-order valence-electron chi connectivity index (χ4n) is 2.13. The first kappa shape index (κ1) is 11.2. The van der Waals surface area contributed by atoms with E-state index in [4.69, 9.17) is 9.47 Å². The molecule has 1 atom stereocenters. The van der Waals surface area contributed by atoms with E-state index in [0.717, 1.165) is 23.9 Å². The summed E-state index contributed by atoms with van der Waals surface area (Å²) >= 11 is 0. The third-order valence-electron chi connectivity index (χ3n) is 3.18. The Bertz CT molecular complexity index is 558. The molecule has 3 rings (SSSR count). The number of rotatable bonds is 3. The van der Waals surface area contributed by atoms with Crippen LogP contribution in [-0.2, 0) is 9.47 Å². The van der Waals surface area contributed by atoms with Crippen LogP contribution in [0.3, 0.4) is 0 Å². The van der Waals surface area contributed by atoms with Crippen molar-refractivity contribution in [2.75, 3.05) is 19.8 Å². The van der Waals surface area contributed by atoms with E-state index in [1.807, 2.05) is 12.1 Å². The zero-order valence-electron chi connectivity index (χ0n) is 9.89. The molecule has 1 aliphatic heterocycles. The number of hydrogen-bond acceptors (Lipinski definition) is 4. The van der Waals surface area contributed by atoms with E-state index < -0.39 is 0 Å². The highest BCUT2D eigenvalue weighted by Crippen LogP contribution is 2.18. The van der Waals surface area contributed by atoms with Gasteiger partial charge in [0.1, 0.15) is 0 Å². The van der Waals surface area contributed by atoms with Crippen molar-refractivity contribution in [3.63, 3.8) is 0 Å². The molecular weight excluding hydrogens is 232 g/mol. The third-order valence-corrected chi connectivity index (χ3v) is 3.18. The second kappa shape index (κ2) is 4.78. The number of aromatic amines is 1. The predicted octanol–water partition coefficient (Wildman–Crippen LogP) is 1.76. The lowest BCUT2D eigenvalue weighted by molar-refractivity contribution is 0.0430. The van der Waals surface area contributed by atoms with Gasteiger partial charge in [-0.15, -0.1) is 0 Å². The molecule has 0 aliphatic carbocycles. The van der Waals surface area contributed by atoms with Gasteiger partial charge in [0.25, 0.3) is 0 Å². The normalized spacial score (nSPS) is 19.2. The molecule has 1 saturated heterocycles. The van der Waals surface area contributed by atoms with Gasteiger partial charge in [-0.2, -0.15) is 5.10 Å². The SMILES string of the molecule is O=C(OCC1CCOC1)c1cccc2[nH]ncc12. The van der Waals surface area contributed by atoms with Crippen LogP contribution in [0.15, 0.2) is 24.4 Å². The number of fused-ring (bicyclic) bond motifs is 1. The third kappa shape index (κ3) is 2.09. The molecule has 1 aliphatic rings. The minimum Gasteiger partial charge on any atom is -0.462 e. The minimum atomic E-state index is -0.297. The van der Waals surface area contributed by atoms with Gasteiger partial charge >= 0.3 is 5.97 Å². The molecule has 1 fully saturated rings. The van der Waals surface area contributed by atoms with E-state index in [1.165, 1.54) is 0 Å². The smallest absolute Gasteiger partial charge is 0.338 e. The van der Waals surface area contributed by atoms with E-state index in [-0.39, 0.29) is 5.97 Å². The first-order valence-corrected chi connectivity index (χ1v) is 6.01. The first-order valence-electron chi connectivity index (χ1n) is 6.01. The Balaban J connectivity index is 1.73.